The first kappa shape index (κ1) is 15.1. The lowest BCUT2D eigenvalue weighted by atomic mass is 9.98. The second kappa shape index (κ2) is 6.87. The molecule has 1 unspecified atom stereocenters. The van der Waals surface area contributed by atoms with Crippen molar-refractivity contribution in [3.8, 4) is 11.8 Å². The number of hydrogen-bond acceptors (Lipinski definition) is 2. The van der Waals surface area contributed by atoms with E-state index in [0.29, 0.717) is 12.2 Å². The minimum Gasteiger partial charge on any atom is -0.391 e. The molecule has 0 spiro atoms. The molecule has 98 valence electrons. The Kier molecular flexibility index (Phi) is 5.78. The first-order valence-corrected chi connectivity index (χ1v) is 7.23. The third-order valence-corrected chi connectivity index (χ3v) is 3.42. The highest BCUT2D eigenvalue weighted by Gasteiger charge is 2.06. The Balaban J connectivity index is 2.34. The average Bonchev–Trinajstić information content (AvgIpc) is 2.26. The van der Waals surface area contributed by atoms with E-state index >= 15 is 0 Å². The minimum atomic E-state index is -0.355. The fraction of sp³-hybridized carbons (Fsp3) is 0.500. The summed E-state index contributed by atoms with van der Waals surface area (Å²) in [5, 5.41) is 9.84. The second-order valence-electron chi connectivity index (χ2n) is 5.53. The van der Waals surface area contributed by atoms with Gasteiger partial charge in [0.25, 0.3) is 0 Å². The Bertz CT molecular complexity index is 417. The zero-order valence-corrected chi connectivity index (χ0v) is 12.5. The van der Waals surface area contributed by atoms with Crippen molar-refractivity contribution in [3.63, 3.8) is 0 Å². The molecular weight excluding hydrogens is 240 g/mol. The fourth-order valence-electron chi connectivity index (χ4n) is 1.32. The van der Waals surface area contributed by atoms with Gasteiger partial charge in [0.2, 0.25) is 0 Å². The summed E-state index contributed by atoms with van der Waals surface area (Å²) in [5.41, 5.74) is 1.28. The Morgan fingerprint density at radius 3 is 2.39 bits per heavy atom. The molecule has 2 heteroatoms. The van der Waals surface area contributed by atoms with Crippen LogP contribution in [0.3, 0.4) is 0 Å². The molecule has 0 aliphatic rings. The van der Waals surface area contributed by atoms with Gasteiger partial charge in [-0.1, -0.05) is 23.6 Å². The molecule has 0 heterocycles. The zero-order valence-electron chi connectivity index (χ0n) is 11.7. The van der Waals surface area contributed by atoms with Crippen LogP contribution in [0.2, 0.25) is 0 Å². The number of aliphatic hydroxyl groups is 1. The fourth-order valence-corrected chi connectivity index (χ4v) is 2.15. The molecular formula is C16H22OS. The summed E-state index contributed by atoms with van der Waals surface area (Å²) < 4.78 is 0. The van der Waals surface area contributed by atoms with Crippen molar-refractivity contribution >= 4 is 11.8 Å². The van der Waals surface area contributed by atoms with Crippen LogP contribution in [-0.2, 0) is 0 Å². The van der Waals surface area contributed by atoms with Gasteiger partial charge in [-0.15, -0.1) is 17.7 Å². The molecule has 18 heavy (non-hydrogen) atoms. The lowest BCUT2D eigenvalue weighted by Gasteiger charge is -2.09. The third-order valence-electron chi connectivity index (χ3n) is 2.26. The highest BCUT2D eigenvalue weighted by molar-refractivity contribution is 7.99. The van der Waals surface area contributed by atoms with Crippen molar-refractivity contribution in [2.45, 2.75) is 45.1 Å². The monoisotopic (exact) mass is 262 g/mol. The van der Waals surface area contributed by atoms with E-state index in [1.165, 1.54) is 10.5 Å². The normalized spacial score (nSPS) is 12.7. The second-order valence-corrected chi connectivity index (χ2v) is 6.63. The summed E-state index contributed by atoms with van der Waals surface area (Å²) in [4.78, 5) is 1.20. The first-order chi connectivity index (χ1) is 8.37. The molecule has 0 bridgehead atoms. The van der Waals surface area contributed by atoms with Crippen molar-refractivity contribution in [2.75, 3.05) is 5.75 Å². The van der Waals surface area contributed by atoms with E-state index in [9.17, 15) is 5.11 Å². The standard InChI is InChI=1S/C16H22OS/c1-13-7-9-15(10-8-13)18-12-14(17)6-5-11-16(2,3)4/h7-10,14,17H,6,12H2,1-4H3. The maximum Gasteiger partial charge on any atom is 0.0743 e. The molecule has 1 nitrogen and oxygen atoms in total. The number of rotatable bonds is 4. The molecule has 0 amide bonds. The van der Waals surface area contributed by atoms with Gasteiger partial charge in [-0.05, 0) is 39.8 Å². The Morgan fingerprint density at radius 2 is 1.83 bits per heavy atom. The summed E-state index contributed by atoms with van der Waals surface area (Å²) in [5.74, 6) is 6.89. The molecule has 1 atom stereocenters. The maximum absolute atomic E-state index is 9.84. The number of thioether (sulfide) groups is 1. The summed E-state index contributed by atoms with van der Waals surface area (Å²) in [6.45, 7) is 8.31. The van der Waals surface area contributed by atoms with E-state index in [1.807, 2.05) is 0 Å². The minimum absolute atomic E-state index is 0.0177. The topological polar surface area (TPSA) is 20.2 Å². The zero-order chi connectivity index (χ0) is 13.6. The van der Waals surface area contributed by atoms with E-state index in [4.69, 9.17) is 0 Å². The van der Waals surface area contributed by atoms with Gasteiger partial charge in [0, 0.05) is 22.5 Å². The van der Waals surface area contributed by atoms with E-state index in [-0.39, 0.29) is 11.5 Å². The summed E-state index contributed by atoms with van der Waals surface area (Å²) in [7, 11) is 0. The van der Waals surface area contributed by atoms with Gasteiger partial charge in [-0.3, -0.25) is 0 Å². The predicted octanol–water partition coefficient (Wildman–Crippen LogP) is 3.89. The van der Waals surface area contributed by atoms with Crippen LogP contribution >= 0.6 is 11.8 Å². The van der Waals surface area contributed by atoms with Gasteiger partial charge in [0.15, 0.2) is 0 Å². The van der Waals surface area contributed by atoms with Crippen LogP contribution in [0.25, 0.3) is 0 Å². The molecule has 1 aromatic rings. The van der Waals surface area contributed by atoms with Crippen LogP contribution in [-0.4, -0.2) is 17.0 Å². The molecule has 1 aromatic carbocycles. The van der Waals surface area contributed by atoms with Crippen LogP contribution in [0.15, 0.2) is 29.2 Å². The van der Waals surface area contributed by atoms with Crippen molar-refractivity contribution in [3.05, 3.63) is 29.8 Å². The summed E-state index contributed by atoms with van der Waals surface area (Å²) in [6.07, 6.45) is 0.196. The number of hydrogen-bond donors (Lipinski definition) is 1. The van der Waals surface area contributed by atoms with Crippen LogP contribution in [0.4, 0.5) is 0 Å². The Morgan fingerprint density at radius 1 is 1.22 bits per heavy atom. The van der Waals surface area contributed by atoms with Crippen LogP contribution in [0, 0.1) is 24.2 Å². The van der Waals surface area contributed by atoms with Gasteiger partial charge in [-0.25, -0.2) is 0 Å². The Labute approximate surface area is 115 Å². The van der Waals surface area contributed by atoms with Crippen LogP contribution in [0.5, 0.6) is 0 Å². The number of benzene rings is 1. The quantitative estimate of drug-likeness (QED) is 0.656. The number of aryl methyl sites for hydroxylation is 1. The lowest BCUT2D eigenvalue weighted by molar-refractivity contribution is 0.205. The largest absolute Gasteiger partial charge is 0.391 e. The predicted molar refractivity (Wildman–Crippen MR) is 79.8 cm³/mol. The van der Waals surface area contributed by atoms with Crippen LogP contribution < -0.4 is 0 Å². The van der Waals surface area contributed by atoms with Crippen molar-refractivity contribution < 1.29 is 5.11 Å². The first-order valence-electron chi connectivity index (χ1n) is 6.24. The average molecular weight is 262 g/mol. The molecule has 0 saturated heterocycles. The highest BCUT2D eigenvalue weighted by Crippen LogP contribution is 2.19. The molecule has 0 radical (unpaired) electrons. The number of aliphatic hydroxyl groups excluding tert-OH is 1. The van der Waals surface area contributed by atoms with E-state index in [0.717, 1.165) is 0 Å². The third kappa shape index (κ3) is 6.74. The van der Waals surface area contributed by atoms with Gasteiger partial charge in [0.1, 0.15) is 0 Å². The van der Waals surface area contributed by atoms with E-state index in [1.54, 1.807) is 11.8 Å². The van der Waals surface area contributed by atoms with Crippen molar-refractivity contribution in [1.82, 2.24) is 0 Å². The van der Waals surface area contributed by atoms with Crippen LogP contribution in [0.1, 0.15) is 32.8 Å². The lowest BCUT2D eigenvalue weighted by Crippen LogP contribution is -2.09. The molecule has 0 aromatic heterocycles. The smallest absolute Gasteiger partial charge is 0.0743 e. The molecule has 0 aliphatic heterocycles. The van der Waals surface area contributed by atoms with Gasteiger partial charge in [0.05, 0.1) is 6.10 Å². The Hall–Kier alpha value is -0.910. The van der Waals surface area contributed by atoms with Gasteiger partial charge < -0.3 is 5.11 Å². The molecule has 0 saturated carbocycles. The SMILES string of the molecule is Cc1ccc(SCC(O)CC#CC(C)(C)C)cc1. The summed E-state index contributed by atoms with van der Waals surface area (Å²) >= 11 is 1.68. The molecule has 1 N–H and O–H groups in total. The van der Waals surface area contributed by atoms with Gasteiger partial charge in [-0.2, -0.15) is 0 Å². The summed E-state index contributed by atoms with van der Waals surface area (Å²) in [6, 6.07) is 8.36. The van der Waals surface area contributed by atoms with Crippen molar-refractivity contribution in [1.29, 1.82) is 0 Å². The molecule has 1 rings (SSSR count). The van der Waals surface area contributed by atoms with Gasteiger partial charge >= 0.3 is 0 Å². The highest BCUT2D eigenvalue weighted by atomic mass is 32.2. The maximum atomic E-state index is 9.84. The van der Waals surface area contributed by atoms with E-state index in [2.05, 4.69) is 63.8 Å². The van der Waals surface area contributed by atoms with Crippen molar-refractivity contribution in [2.24, 2.45) is 5.41 Å². The van der Waals surface area contributed by atoms with E-state index < -0.39 is 0 Å². The molecule has 0 fully saturated rings. The molecule has 0 aliphatic carbocycles.